The van der Waals surface area contributed by atoms with Gasteiger partial charge in [0.15, 0.2) is 21.1 Å². The molecule has 4 rings (SSSR count). The predicted octanol–water partition coefficient (Wildman–Crippen LogP) is 11.6. The van der Waals surface area contributed by atoms with Crippen LogP contribution in [-0.2, 0) is 18.9 Å². The van der Waals surface area contributed by atoms with Gasteiger partial charge in [0.2, 0.25) is 6.54 Å². The molecule has 0 saturated heterocycles. The molecule has 0 radical (unpaired) electrons. The second-order valence-electron chi connectivity index (χ2n) is 22.0. The lowest BCUT2D eigenvalue weighted by molar-refractivity contribution is -0.926. The topological polar surface area (TPSA) is 278 Å². The van der Waals surface area contributed by atoms with Crippen LogP contribution in [0.25, 0.3) is 0 Å². The van der Waals surface area contributed by atoms with Gasteiger partial charge in [0.05, 0.1) is 102 Å². The van der Waals surface area contributed by atoms with Gasteiger partial charge in [0.25, 0.3) is 0 Å². The fourth-order valence-electron chi connectivity index (χ4n) is 8.72. The summed E-state index contributed by atoms with van der Waals surface area (Å²) in [5.41, 5.74) is 2.50. The minimum absolute atomic E-state index is 0.0278. The molecule has 1 unspecified atom stereocenters. The van der Waals surface area contributed by atoms with E-state index in [-0.39, 0.29) is 35.3 Å². The number of carbonyl (C=O) groups is 4. The van der Waals surface area contributed by atoms with Gasteiger partial charge < -0.3 is 36.9 Å². The van der Waals surface area contributed by atoms with Crippen LogP contribution in [0.2, 0.25) is 0 Å². The van der Waals surface area contributed by atoms with Gasteiger partial charge >= 0.3 is 23.9 Å². The van der Waals surface area contributed by atoms with E-state index in [0.29, 0.717) is 48.7 Å². The summed E-state index contributed by atoms with van der Waals surface area (Å²) in [6.07, 6.45) is 5.96. The molecule has 0 N–H and O–H groups in total. The lowest BCUT2D eigenvalue weighted by Crippen LogP contribution is -2.51. The van der Waals surface area contributed by atoms with E-state index in [9.17, 15) is 29.3 Å². The Morgan fingerprint density at radius 3 is 0.736 bits per heavy atom. The summed E-state index contributed by atoms with van der Waals surface area (Å²) in [5, 5.41) is 35.6. The van der Waals surface area contributed by atoms with Crippen LogP contribution in [0, 0.1) is 40.5 Å². The van der Waals surface area contributed by atoms with E-state index in [2.05, 4.69) is 83.5 Å². The molecule has 0 saturated carbocycles. The molecule has 0 aromatic heterocycles. The number of hydrogen-bond donors (Lipinski definition) is 0. The molecule has 0 spiro atoms. The molecule has 0 aliphatic heterocycles. The molecule has 0 fully saturated rings. The summed E-state index contributed by atoms with van der Waals surface area (Å²) in [7, 11) is 8.86. The fourth-order valence-corrected chi connectivity index (χ4v) is 8.72. The maximum Gasteiger partial charge on any atom is 0.338 e. The maximum absolute atomic E-state index is 12.0. The molecule has 24 heteroatoms. The van der Waals surface area contributed by atoms with Crippen molar-refractivity contribution in [3.63, 3.8) is 0 Å². The van der Waals surface area contributed by atoms with Crippen LogP contribution in [0.4, 0.5) is 0 Å². The molecule has 0 heterocycles. The van der Waals surface area contributed by atoms with Gasteiger partial charge in [-0.25, -0.2) is 19.2 Å². The molecule has 4 aromatic carbocycles. The lowest BCUT2D eigenvalue weighted by Gasteiger charge is -2.37. The van der Waals surface area contributed by atoms with Crippen LogP contribution in [0.3, 0.4) is 0 Å². The first-order valence-corrected chi connectivity index (χ1v) is 31.6. The molecule has 0 aliphatic carbocycles. The lowest BCUT2D eigenvalue weighted by atomic mass is 10.2. The summed E-state index contributed by atoms with van der Waals surface area (Å²) in [6, 6.07) is 36.6. The van der Waals surface area contributed by atoms with Crippen molar-refractivity contribution in [3.05, 3.63) is 184 Å². The zero-order valence-electron chi connectivity index (χ0n) is 57.9. The molecule has 0 amide bonds. The van der Waals surface area contributed by atoms with Gasteiger partial charge in [-0.3, -0.25) is 40.5 Å². The molecule has 91 heavy (non-hydrogen) atoms. The number of esters is 4. The van der Waals surface area contributed by atoms with E-state index in [1.807, 2.05) is 72.8 Å². The summed E-state index contributed by atoms with van der Waals surface area (Å²) in [6.45, 7) is 37.1. The Morgan fingerprint density at radius 2 is 0.549 bits per heavy atom. The second-order valence-corrected chi connectivity index (χ2v) is 22.0. The maximum atomic E-state index is 12.0. The van der Waals surface area contributed by atoms with Crippen LogP contribution in [-0.4, -0.2) is 222 Å². The van der Waals surface area contributed by atoms with E-state index in [4.69, 9.17) is 49.3 Å². The van der Waals surface area contributed by atoms with Gasteiger partial charge in [0, 0.05) is 26.6 Å². The number of carbonyl (C=O) groups excluding carboxylic acids is 4. The number of rotatable bonds is 31. The predicted molar refractivity (Wildman–Crippen MR) is 359 cm³/mol. The number of nitro groups is 4. The van der Waals surface area contributed by atoms with E-state index in [1.165, 1.54) is 52.1 Å². The van der Waals surface area contributed by atoms with Crippen molar-refractivity contribution in [1.82, 2.24) is 0 Å². The minimum Gasteiger partial charge on any atom is -0.456 e. The molecule has 514 valence electrons. The smallest absolute Gasteiger partial charge is 0.338 e. The molecule has 0 bridgehead atoms. The highest BCUT2D eigenvalue weighted by molar-refractivity contribution is 5.90. The van der Waals surface area contributed by atoms with E-state index in [0.717, 1.165) is 111 Å². The van der Waals surface area contributed by atoms with Crippen molar-refractivity contribution in [1.29, 1.82) is 0 Å². The van der Waals surface area contributed by atoms with Crippen molar-refractivity contribution in [2.45, 2.75) is 101 Å². The van der Waals surface area contributed by atoms with Crippen molar-refractivity contribution in [2.24, 2.45) is 0 Å². The third kappa shape index (κ3) is 50.6. The molecule has 0 aliphatic rings. The Hall–Kier alpha value is -7.80. The van der Waals surface area contributed by atoms with E-state index in [1.54, 1.807) is 48.5 Å². The zero-order valence-corrected chi connectivity index (χ0v) is 57.9. The molecule has 1 atom stereocenters. The van der Waals surface area contributed by atoms with Crippen LogP contribution in [0.5, 0.6) is 0 Å². The van der Waals surface area contributed by atoms with Crippen LogP contribution in [0.1, 0.15) is 143 Å². The van der Waals surface area contributed by atoms with Crippen molar-refractivity contribution in [2.75, 3.05) is 160 Å². The number of nitrogens with zero attached hydrogens (tertiary/aromatic N) is 8. The Morgan fingerprint density at radius 1 is 0.341 bits per heavy atom. The highest BCUT2D eigenvalue weighted by atomic mass is 16.6. The minimum atomic E-state index is -0.500. The standard InChI is InChI=1S/C18H30NO2.C17H28NO2.C15H24NO2.C12H18NO2.C2H5NO2.3CH3NO2/c1-4-7-14-19(6-3,13-5-2)15-16-21-18(20)17-11-9-8-10-12-17;1-4-12-18(6-3,13-5-2)14-15-20-17(19)16-10-8-7-9-11-16;1-4-16(5-2,6-3)12-13-18-15(17)14-10-8-7-9-11-14;1-13(2,3)9-10-15-12(14)11-7-5-4-6-8-11;1-2-3(4)5;3*1-2(3)4/h8-12H,4-7,13-16H2,1-3H3;7-11H,4-6,12-15H2,1-3H3;7-11H,4-6,12-13H2,1-3H3;4-8H,9-10H2,1-3H3;2H2,1H3;3*1H3/q4*+1;;;;. The van der Waals surface area contributed by atoms with Crippen molar-refractivity contribution in [3.8, 4) is 0 Å². The summed E-state index contributed by atoms with van der Waals surface area (Å²) in [5.74, 6) is -0.898. The first-order valence-electron chi connectivity index (χ1n) is 31.6. The van der Waals surface area contributed by atoms with Crippen LogP contribution >= 0.6 is 0 Å². The van der Waals surface area contributed by atoms with Gasteiger partial charge in [-0.1, -0.05) is 107 Å². The molecule has 4 aromatic rings. The van der Waals surface area contributed by atoms with E-state index >= 15 is 0 Å². The number of hydrogen-bond acceptors (Lipinski definition) is 16. The van der Waals surface area contributed by atoms with Crippen LogP contribution in [0.15, 0.2) is 121 Å². The summed E-state index contributed by atoms with van der Waals surface area (Å²) in [4.78, 5) is 80.8. The average molecular weight is 1290 g/mol. The van der Waals surface area contributed by atoms with Gasteiger partial charge in [-0.05, 0) is 109 Å². The number of quaternary nitrogens is 4. The third-order valence-corrected chi connectivity index (χ3v) is 14.1. The Bertz CT molecular complexity index is 2470. The Balaban J connectivity index is -0.000000511. The molecule has 24 nitrogen and oxygen atoms in total. The SMILES string of the molecule is CCCC[N+](CC)(CCC)CCOC(=O)c1ccccc1.CCC[N+](CC)(CCC)CCOC(=O)c1ccccc1.CC[N+](=O)[O-].CC[N+](CC)(CC)CCOC(=O)c1ccccc1.C[N+](=O)[O-].C[N+](=O)[O-].C[N+](=O)[O-].C[N+](C)(C)CCOC(=O)c1ccccc1. The van der Waals surface area contributed by atoms with Crippen molar-refractivity contribution >= 4 is 23.9 Å². The van der Waals surface area contributed by atoms with Crippen LogP contribution < -0.4 is 0 Å². The van der Waals surface area contributed by atoms with Gasteiger partial charge in [0.1, 0.15) is 52.6 Å². The summed E-state index contributed by atoms with van der Waals surface area (Å²) >= 11 is 0. The van der Waals surface area contributed by atoms with Gasteiger partial charge in [-0.15, -0.1) is 0 Å². The number of benzene rings is 4. The highest BCUT2D eigenvalue weighted by Gasteiger charge is 2.26. The van der Waals surface area contributed by atoms with Crippen molar-refractivity contribution < 1.29 is 75.8 Å². The first kappa shape index (κ1) is 89.6. The molecular formula is C67H114N8O16+4. The fraction of sp³-hybridized carbons (Fsp3) is 0.582. The normalized spacial score (nSPS) is 10.9. The number of ether oxygens (including phenoxy) is 4. The van der Waals surface area contributed by atoms with E-state index < -0.39 is 14.8 Å². The second kappa shape index (κ2) is 55.1. The largest absolute Gasteiger partial charge is 0.456 e. The monoisotopic (exact) mass is 1290 g/mol. The third-order valence-electron chi connectivity index (χ3n) is 14.1. The Kier molecular flexibility index (Phi) is 54.2. The van der Waals surface area contributed by atoms with Gasteiger partial charge in [-0.2, -0.15) is 0 Å². The first-order chi connectivity index (χ1) is 43.0. The number of unbranched alkanes of at least 4 members (excludes halogenated alkanes) is 1. The number of likely N-dealkylation sites (N-methyl/N-ethyl adjacent to an activating group) is 4. The highest BCUT2D eigenvalue weighted by Crippen LogP contribution is 2.14. The zero-order chi connectivity index (χ0) is 70.2. The average Bonchev–Trinajstić information content (AvgIpc) is 2.47. The molecular weight excluding hydrogens is 1170 g/mol. The summed E-state index contributed by atoms with van der Waals surface area (Å²) < 4.78 is 25.3. The Labute approximate surface area is 543 Å². The quantitative estimate of drug-likeness (QED) is 0.0149.